The normalized spacial score (nSPS) is 11.1. The van der Waals surface area contributed by atoms with Gasteiger partial charge in [-0.2, -0.15) is 5.10 Å². The lowest BCUT2D eigenvalue weighted by Gasteiger charge is -2.07. The lowest BCUT2D eigenvalue weighted by Crippen LogP contribution is -2.14. The summed E-state index contributed by atoms with van der Waals surface area (Å²) < 4.78 is 1.99. The predicted octanol–water partition coefficient (Wildman–Crippen LogP) is 2.03. The molecule has 4 nitrogen and oxygen atoms in total. The Hall–Kier alpha value is -1.68. The van der Waals surface area contributed by atoms with Crippen molar-refractivity contribution >= 4 is 0 Å². The van der Waals surface area contributed by atoms with Gasteiger partial charge in [-0.3, -0.25) is 9.67 Å². The molecule has 2 aromatic heterocycles. The monoisotopic (exact) mass is 230 g/mol. The van der Waals surface area contributed by atoms with Gasteiger partial charge in [-0.25, -0.2) is 0 Å². The molecular weight excluding hydrogens is 212 g/mol. The van der Waals surface area contributed by atoms with Crippen molar-refractivity contribution in [3.05, 3.63) is 36.3 Å². The molecule has 0 aliphatic rings. The minimum absolute atomic E-state index is 0.444. The first-order chi connectivity index (χ1) is 8.22. The van der Waals surface area contributed by atoms with Crippen LogP contribution >= 0.6 is 0 Å². The standard InChI is InChI=1S/C13H18N4/c1-10(2)13-8-12(16-17(13)7-5-14)11-4-3-6-15-9-11/h3-4,6,8-10H,5,7,14H2,1-2H3. The van der Waals surface area contributed by atoms with E-state index in [0.717, 1.165) is 17.8 Å². The second kappa shape index (κ2) is 5.10. The minimum atomic E-state index is 0.444. The number of nitrogens with two attached hydrogens (primary N) is 1. The van der Waals surface area contributed by atoms with E-state index in [9.17, 15) is 0 Å². The second-order valence-electron chi connectivity index (χ2n) is 4.36. The smallest absolute Gasteiger partial charge is 0.0941 e. The highest BCUT2D eigenvalue weighted by atomic mass is 15.3. The third-order valence-corrected chi connectivity index (χ3v) is 2.70. The van der Waals surface area contributed by atoms with Gasteiger partial charge in [0.1, 0.15) is 0 Å². The van der Waals surface area contributed by atoms with Crippen molar-refractivity contribution in [3.8, 4) is 11.3 Å². The molecule has 0 bridgehead atoms. The van der Waals surface area contributed by atoms with E-state index in [0.29, 0.717) is 12.5 Å². The van der Waals surface area contributed by atoms with Gasteiger partial charge in [0.2, 0.25) is 0 Å². The Morgan fingerprint density at radius 3 is 2.82 bits per heavy atom. The zero-order valence-corrected chi connectivity index (χ0v) is 10.3. The summed E-state index contributed by atoms with van der Waals surface area (Å²) in [6, 6.07) is 6.07. The van der Waals surface area contributed by atoms with E-state index < -0.39 is 0 Å². The lowest BCUT2D eigenvalue weighted by molar-refractivity contribution is 0.576. The quantitative estimate of drug-likeness (QED) is 0.874. The molecule has 0 aliphatic heterocycles. The Morgan fingerprint density at radius 2 is 2.24 bits per heavy atom. The molecule has 0 atom stereocenters. The van der Waals surface area contributed by atoms with E-state index in [2.05, 4.69) is 30.0 Å². The first-order valence-electron chi connectivity index (χ1n) is 5.90. The van der Waals surface area contributed by atoms with E-state index in [1.807, 2.05) is 23.0 Å². The summed E-state index contributed by atoms with van der Waals surface area (Å²) in [5.74, 6) is 0.444. The number of rotatable bonds is 4. The summed E-state index contributed by atoms with van der Waals surface area (Å²) in [4.78, 5) is 4.12. The third-order valence-electron chi connectivity index (χ3n) is 2.70. The van der Waals surface area contributed by atoms with Crippen LogP contribution in [0, 0.1) is 0 Å². The first-order valence-corrected chi connectivity index (χ1v) is 5.90. The molecule has 17 heavy (non-hydrogen) atoms. The molecule has 90 valence electrons. The fraction of sp³-hybridized carbons (Fsp3) is 0.385. The molecule has 4 heteroatoms. The van der Waals surface area contributed by atoms with Gasteiger partial charge in [-0.05, 0) is 24.1 Å². The molecule has 2 rings (SSSR count). The second-order valence-corrected chi connectivity index (χ2v) is 4.36. The highest BCUT2D eigenvalue weighted by Crippen LogP contribution is 2.22. The van der Waals surface area contributed by atoms with Crippen LogP contribution in [0.2, 0.25) is 0 Å². The summed E-state index contributed by atoms with van der Waals surface area (Å²) in [6.45, 7) is 5.69. The van der Waals surface area contributed by atoms with Crippen LogP contribution in [-0.4, -0.2) is 21.3 Å². The highest BCUT2D eigenvalue weighted by Gasteiger charge is 2.11. The van der Waals surface area contributed by atoms with Crippen LogP contribution in [0.4, 0.5) is 0 Å². The van der Waals surface area contributed by atoms with Crippen LogP contribution in [0.5, 0.6) is 0 Å². The Balaban J connectivity index is 2.40. The van der Waals surface area contributed by atoms with Gasteiger partial charge in [-0.1, -0.05) is 13.8 Å². The van der Waals surface area contributed by atoms with Crippen LogP contribution in [0.15, 0.2) is 30.6 Å². The van der Waals surface area contributed by atoms with Crippen LogP contribution in [0.25, 0.3) is 11.3 Å². The molecule has 0 amide bonds. The Kier molecular flexibility index (Phi) is 3.54. The maximum Gasteiger partial charge on any atom is 0.0941 e. The topological polar surface area (TPSA) is 56.7 Å². The molecule has 0 saturated carbocycles. The van der Waals surface area contributed by atoms with E-state index in [1.165, 1.54) is 5.69 Å². The zero-order chi connectivity index (χ0) is 12.3. The van der Waals surface area contributed by atoms with Crippen molar-refractivity contribution in [2.45, 2.75) is 26.3 Å². The minimum Gasteiger partial charge on any atom is -0.329 e. The summed E-state index contributed by atoms with van der Waals surface area (Å²) in [5, 5.41) is 4.59. The average Bonchev–Trinajstić information content (AvgIpc) is 2.75. The Morgan fingerprint density at radius 1 is 1.41 bits per heavy atom. The third kappa shape index (κ3) is 2.53. The van der Waals surface area contributed by atoms with Crippen LogP contribution in [0.1, 0.15) is 25.5 Å². The molecule has 0 saturated heterocycles. The van der Waals surface area contributed by atoms with Crippen molar-refractivity contribution in [2.24, 2.45) is 5.73 Å². The number of aromatic nitrogens is 3. The molecule has 2 N–H and O–H groups in total. The molecule has 0 aromatic carbocycles. The van der Waals surface area contributed by atoms with Gasteiger partial charge in [0.05, 0.1) is 12.2 Å². The lowest BCUT2D eigenvalue weighted by atomic mass is 10.1. The van der Waals surface area contributed by atoms with Gasteiger partial charge in [0.25, 0.3) is 0 Å². The van der Waals surface area contributed by atoms with Crippen molar-refractivity contribution in [2.75, 3.05) is 6.54 Å². The molecule has 0 fully saturated rings. The van der Waals surface area contributed by atoms with Crippen LogP contribution in [-0.2, 0) is 6.54 Å². The van der Waals surface area contributed by atoms with Gasteiger partial charge in [0, 0.05) is 30.2 Å². The molecule has 0 spiro atoms. The maximum absolute atomic E-state index is 5.60. The Bertz CT molecular complexity index is 473. The molecule has 0 unspecified atom stereocenters. The predicted molar refractivity (Wildman–Crippen MR) is 68.6 cm³/mol. The number of nitrogens with zero attached hydrogens (tertiary/aromatic N) is 3. The van der Waals surface area contributed by atoms with Crippen molar-refractivity contribution in [3.63, 3.8) is 0 Å². The first kappa shape index (κ1) is 11.8. The fourth-order valence-electron chi connectivity index (χ4n) is 1.85. The molecule has 0 radical (unpaired) electrons. The summed E-state index contributed by atoms with van der Waals surface area (Å²) in [6.07, 6.45) is 3.60. The molecule has 2 heterocycles. The fourth-order valence-corrected chi connectivity index (χ4v) is 1.85. The highest BCUT2D eigenvalue weighted by molar-refractivity contribution is 5.58. The van der Waals surface area contributed by atoms with E-state index in [1.54, 1.807) is 6.20 Å². The summed E-state index contributed by atoms with van der Waals surface area (Å²) >= 11 is 0. The SMILES string of the molecule is CC(C)c1cc(-c2cccnc2)nn1CCN. The number of pyridine rings is 1. The maximum atomic E-state index is 5.60. The van der Waals surface area contributed by atoms with Gasteiger partial charge < -0.3 is 5.73 Å². The number of hydrogen-bond acceptors (Lipinski definition) is 3. The van der Waals surface area contributed by atoms with Gasteiger partial charge in [-0.15, -0.1) is 0 Å². The van der Waals surface area contributed by atoms with Crippen molar-refractivity contribution in [1.82, 2.24) is 14.8 Å². The number of hydrogen-bond donors (Lipinski definition) is 1. The summed E-state index contributed by atoms with van der Waals surface area (Å²) in [5.41, 5.74) is 8.84. The molecular formula is C13H18N4. The van der Waals surface area contributed by atoms with Gasteiger partial charge in [0.15, 0.2) is 0 Å². The van der Waals surface area contributed by atoms with Crippen LogP contribution in [0.3, 0.4) is 0 Å². The average molecular weight is 230 g/mol. The molecule has 0 aliphatic carbocycles. The van der Waals surface area contributed by atoms with Crippen LogP contribution < -0.4 is 5.73 Å². The zero-order valence-electron chi connectivity index (χ0n) is 10.3. The van der Waals surface area contributed by atoms with E-state index in [-0.39, 0.29) is 0 Å². The van der Waals surface area contributed by atoms with Crippen molar-refractivity contribution in [1.29, 1.82) is 0 Å². The van der Waals surface area contributed by atoms with Gasteiger partial charge >= 0.3 is 0 Å². The largest absolute Gasteiger partial charge is 0.329 e. The van der Waals surface area contributed by atoms with E-state index >= 15 is 0 Å². The Labute approximate surface area is 101 Å². The summed E-state index contributed by atoms with van der Waals surface area (Å²) in [7, 11) is 0. The van der Waals surface area contributed by atoms with Crippen molar-refractivity contribution < 1.29 is 0 Å². The molecule has 2 aromatic rings. The van der Waals surface area contributed by atoms with E-state index in [4.69, 9.17) is 5.73 Å².